The highest BCUT2D eigenvalue weighted by atomic mass is 16.5. The minimum absolute atomic E-state index is 0.154. The zero-order valence-corrected chi connectivity index (χ0v) is 13.3. The molecule has 1 amide bonds. The number of nitrogens with zero attached hydrogens (tertiary/aromatic N) is 1. The van der Waals surface area contributed by atoms with Gasteiger partial charge in [0.1, 0.15) is 5.75 Å². The molecule has 4 heteroatoms. The van der Waals surface area contributed by atoms with Gasteiger partial charge in [-0.2, -0.15) is 5.10 Å². The molecule has 2 aromatic rings. The van der Waals surface area contributed by atoms with Gasteiger partial charge in [0.2, 0.25) is 5.91 Å². The number of nitrogens with one attached hydrogen (secondary N) is 1. The Morgan fingerprint density at radius 1 is 1.13 bits per heavy atom. The summed E-state index contributed by atoms with van der Waals surface area (Å²) in [6, 6.07) is 17.3. The third-order valence-corrected chi connectivity index (χ3v) is 3.18. The molecule has 118 valence electrons. The number of benzene rings is 2. The second-order valence-corrected chi connectivity index (χ2v) is 5.12. The highest BCUT2D eigenvalue weighted by molar-refractivity contribution is 5.86. The number of hydrogen-bond acceptors (Lipinski definition) is 3. The van der Waals surface area contributed by atoms with Crippen molar-refractivity contribution in [3.8, 4) is 5.75 Å². The number of hydrogen-bond donors (Lipinski definition) is 1. The van der Waals surface area contributed by atoms with E-state index < -0.39 is 0 Å². The second-order valence-electron chi connectivity index (χ2n) is 5.12. The first-order valence-electron chi connectivity index (χ1n) is 7.35. The van der Waals surface area contributed by atoms with Gasteiger partial charge in [-0.15, -0.1) is 0 Å². The van der Waals surface area contributed by atoms with Crippen molar-refractivity contribution < 1.29 is 9.53 Å². The number of carbonyl (C=O) groups excluding carboxylic acids is 1. The Morgan fingerprint density at radius 3 is 2.48 bits per heavy atom. The van der Waals surface area contributed by atoms with E-state index in [4.69, 9.17) is 4.74 Å². The van der Waals surface area contributed by atoms with Crippen LogP contribution in [0.2, 0.25) is 0 Å². The van der Waals surface area contributed by atoms with Crippen molar-refractivity contribution in [2.45, 2.75) is 13.3 Å². The van der Waals surface area contributed by atoms with Crippen molar-refractivity contribution in [2.75, 3.05) is 7.11 Å². The van der Waals surface area contributed by atoms with Crippen molar-refractivity contribution in [1.29, 1.82) is 0 Å². The number of methoxy groups -OCH3 is 1. The summed E-state index contributed by atoms with van der Waals surface area (Å²) in [5.41, 5.74) is 5.50. The molecule has 4 nitrogen and oxygen atoms in total. The Kier molecular flexibility index (Phi) is 6.12. The molecule has 0 saturated heterocycles. The zero-order valence-electron chi connectivity index (χ0n) is 13.3. The molecule has 0 saturated carbocycles. The number of ether oxygens (including phenoxy) is 1. The van der Waals surface area contributed by atoms with E-state index in [1.165, 1.54) is 0 Å². The Morgan fingerprint density at radius 2 is 1.83 bits per heavy atom. The summed E-state index contributed by atoms with van der Waals surface area (Å²) in [5.74, 6) is 0.618. The molecule has 0 heterocycles. The molecule has 2 rings (SSSR count). The van der Waals surface area contributed by atoms with Gasteiger partial charge in [0.05, 0.1) is 19.7 Å². The molecular weight excluding hydrogens is 288 g/mol. The van der Waals surface area contributed by atoms with Crippen LogP contribution in [0.3, 0.4) is 0 Å². The van der Waals surface area contributed by atoms with Crippen molar-refractivity contribution in [1.82, 2.24) is 5.43 Å². The average Bonchev–Trinajstić information content (AvgIpc) is 2.56. The highest BCUT2D eigenvalue weighted by Gasteiger charge is 2.02. The van der Waals surface area contributed by atoms with E-state index in [1.807, 2.05) is 67.6 Å². The number of amides is 1. The lowest BCUT2D eigenvalue weighted by atomic mass is 10.1. The monoisotopic (exact) mass is 308 g/mol. The van der Waals surface area contributed by atoms with Crippen LogP contribution in [0.15, 0.2) is 65.3 Å². The molecule has 0 aliphatic rings. The first-order chi connectivity index (χ1) is 11.2. The predicted molar refractivity (Wildman–Crippen MR) is 93.4 cm³/mol. The molecule has 2 aromatic carbocycles. The van der Waals surface area contributed by atoms with Crippen molar-refractivity contribution in [3.63, 3.8) is 0 Å². The molecule has 0 spiro atoms. The lowest BCUT2D eigenvalue weighted by Gasteiger charge is -2.02. The molecule has 0 aromatic heterocycles. The van der Waals surface area contributed by atoms with E-state index in [2.05, 4.69) is 10.5 Å². The fraction of sp³-hybridized carbons (Fsp3) is 0.158. The van der Waals surface area contributed by atoms with Crippen LogP contribution in [0, 0.1) is 0 Å². The van der Waals surface area contributed by atoms with E-state index in [0.29, 0.717) is 0 Å². The summed E-state index contributed by atoms with van der Waals surface area (Å²) in [4.78, 5) is 11.8. The summed E-state index contributed by atoms with van der Waals surface area (Å²) in [6.07, 6.45) is 3.92. The Balaban J connectivity index is 1.84. The van der Waals surface area contributed by atoms with Gasteiger partial charge in [0.25, 0.3) is 0 Å². The van der Waals surface area contributed by atoms with Crippen LogP contribution in [-0.2, 0) is 11.2 Å². The SMILES string of the molecule is COc1ccc(CC(=O)N/N=C\C(C)=Cc2ccccc2)cc1. The van der Waals surface area contributed by atoms with E-state index in [-0.39, 0.29) is 12.3 Å². The molecule has 0 bridgehead atoms. The number of rotatable bonds is 6. The summed E-state index contributed by atoms with van der Waals surface area (Å²) in [7, 11) is 1.61. The molecule has 0 unspecified atom stereocenters. The topological polar surface area (TPSA) is 50.7 Å². The highest BCUT2D eigenvalue weighted by Crippen LogP contribution is 2.11. The quantitative estimate of drug-likeness (QED) is 0.656. The van der Waals surface area contributed by atoms with Gasteiger partial charge in [0, 0.05) is 0 Å². The van der Waals surface area contributed by atoms with Gasteiger partial charge in [0.15, 0.2) is 0 Å². The average molecular weight is 308 g/mol. The molecule has 0 aliphatic carbocycles. The van der Waals surface area contributed by atoms with Gasteiger partial charge >= 0.3 is 0 Å². The summed E-state index contributed by atoms with van der Waals surface area (Å²) < 4.78 is 5.08. The maximum Gasteiger partial charge on any atom is 0.244 e. The number of carbonyl (C=O) groups is 1. The number of hydrazone groups is 1. The zero-order chi connectivity index (χ0) is 16.5. The third kappa shape index (κ3) is 5.79. The smallest absolute Gasteiger partial charge is 0.244 e. The molecule has 0 radical (unpaired) electrons. The van der Waals surface area contributed by atoms with Crippen LogP contribution in [0.25, 0.3) is 6.08 Å². The fourth-order valence-electron chi connectivity index (χ4n) is 2.02. The van der Waals surface area contributed by atoms with Crippen LogP contribution in [-0.4, -0.2) is 19.2 Å². The van der Waals surface area contributed by atoms with E-state index in [1.54, 1.807) is 13.3 Å². The molecule has 0 atom stereocenters. The second kappa shape index (κ2) is 8.54. The largest absolute Gasteiger partial charge is 0.497 e. The van der Waals surface area contributed by atoms with Gasteiger partial charge < -0.3 is 4.74 Å². The normalized spacial score (nSPS) is 11.5. The van der Waals surface area contributed by atoms with E-state index >= 15 is 0 Å². The summed E-state index contributed by atoms with van der Waals surface area (Å²) in [6.45, 7) is 1.94. The predicted octanol–water partition coefficient (Wildman–Crippen LogP) is 3.44. The molecule has 0 fully saturated rings. The minimum atomic E-state index is -0.154. The fourth-order valence-corrected chi connectivity index (χ4v) is 2.02. The molecule has 1 N–H and O–H groups in total. The first-order valence-corrected chi connectivity index (χ1v) is 7.35. The first kappa shape index (κ1) is 16.5. The van der Waals surface area contributed by atoms with Gasteiger partial charge in [-0.05, 0) is 35.8 Å². The van der Waals surface area contributed by atoms with Gasteiger partial charge in [-0.1, -0.05) is 48.5 Å². The van der Waals surface area contributed by atoms with Crippen LogP contribution in [0.1, 0.15) is 18.1 Å². The molecule has 23 heavy (non-hydrogen) atoms. The van der Waals surface area contributed by atoms with Crippen LogP contribution >= 0.6 is 0 Å². The Hall–Kier alpha value is -2.88. The van der Waals surface area contributed by atoms with E-state index in [0.717, 1.165) is 22.4 Å². The van der Waals surface area contributed by atoms with Crippen LogP contribution < -0.4 is 10.2 Å². The lowest BCUT2D eigenvalue weighted by molar-refractivity contribution is -0.120. The van der Waals surface area contributed by atoms with E-state index in [9.17, 15) is 4.79 Å². The van der Waals surface area contributed by atoms with Crippen molar-refractivity contribution >= 4 is 18.2 Å². The van der Waals surface area contributed by atoms with Crippen molar-refractivity contribution in [2.24, 2.45) is 5.10 Å². The van der Waals surface area contributed by atoms with Crippen LogP contribution in [0.5, 0.6) is 5.75 Å². The molecule has 0 aliphatic heterocycles. The Bertz CT molecular complexity index is 689. The maximum atomic E-state index is 11.8. The third-order valence-electron chi connectivity index (χ3n) is 3.18. The summed E-state index contributed by atoms with van der Waals surface area (Å²) in [5, 5.41) is 3.98. The molecular formula is C19H20N2O2. The standard InChI is InChI=1S/C19H20N2O2/c1-15(12-16-6-4-3-5-7-16)14-20-21-19(22)13-17-8-10-18(23-2)11-9-17/h3-12,14H,13H2,1-2H3,(H,21,22)/b15-12?,20-14-. The van der Waals surface area contributed by atoms with Crippen LogP contribution in [0.4, 0.5) is 0 Å². The lowest BCUT2D eigenvalue weighted by Crippen LogP contribution is -2.19. The van der Waals surface area contributed by atoms with Crippen molar-refractivity contribution in [3.05, 3.63) is 71.3 Å². The number of allylic oxidation sites excluding steroid dienone is 1. The minimum Gasteiger partial charge on any atom is -0.497 e. The maximum absolute atomic E-state index is 11.8. The van der Waals surface area contributed by atoms with Gasteiger partial charge in [-0.3, -0.25) is 4.79 Å². The Labute approximate surface area is 136 Å². The summed E-state index contributed by atoms with van der Waals surface area (Å²) >= 11 is 0. The van der Waals surface area contributed by atoms with Gasteiger partial charge in [-0.25, -0.2) is 5.43 Å².